The van der Waals surface area contributed by atoms with Crippen molar-refractivity contribution in [1.82, 2.24) is 4.98 Å². The summed E-state index contributed by atoms with van der Waals surface area (Å²) in [4.78, 5) is 25.3. The van der Waals surface area contributed by atoms with E-state index in [1.807, 2.05) is 0 Å². The third-order valence-corrected chi connectivity index (χ3v) is 2.98. The van der Waals surface area contributed by atoms with Gasteiger partial charge in [0.05, 0.1) is 5.52 Å². The monoisotopic (exact) mass is 301 g/mol. The van der Waals surface area contributed by atoms with Crippen LogP contribution in [0.3, 0.4) is 0 Å². The largest absolute Gasteiger partial charge is 0.477 e. The van der Waals surface area contributed by atoms with Crippen molar-refractivity contribution in [3.63, 3.8) is 0 Å². The molecule has 82 valence electrons. The van der Waals surface area contributed by atoms with Gasteiger partial charge in [0.25, 0.3) is 0 Å². The summed E-state index contributed by atoms with van der Waals surface area (Å²) in [6.45, 7) is 0. The van der Waals surface area contributed by atoms with E-state index in [1.165, 1.54) is 12.3 Å². The van der Waals surface area contributed by atoms with Crippen LogP contribution in [-0.4, -0.2) is 16.1 Å². The minimum absolute atomic E-state index is 0.249. The van der Waals surface area contributed by atoms with Crippen molar-refractivity contribution in [2.24, 2.45) is 0 Å². The molecule has 2 N–H and O–H groups in total. The van der Waals surface area contributed by atoms with Crippen LogP contribution in [0.15, 0.2) is 27.6 Å². The van der Waals surface area contributed by atoms with Crippen LogP contribution in [0.2, 0.25) is 5.02 Å². The molecule has 0 saturated heterocycles. The average molecular weight is 303 g/mol. The molecule has 0 unspecified atom stereocenters. The van der Waals surface area contributed by atoms with Crippen LogP contribution in [0.1, 0.15) is 10.4 Å². The average Bonchev–Trinajstić information content (AvgIpc) is 2.19. The Morgan fingerprint density at radius 1 is 1.44 bits per heavy atom. The number of aromatic carboxylic acids is 1. The molecule has 1 heterocycles. The second kappa shape index (κ2) is 3.92. The van der Waals surface area contributed by atoms with Gasteiger partial charge in [-0.1, -0.05) is 11.6 Å². The molecule has 0 aliphatic rings. The first-order valence-electron chi connectivity index (χ1n) is 4.24. The van der Waals surface area contributed by atoms with Gasteiger partial charge in [0, 0.05) is 21.1 Å². The van der Waals surface area contributed by atoms with Gasteiger partial charge >= 0.3 is 5.97 Å². The van der Waals surface area contributed by atoms with Crippen molar-refractivity contribution < 1.29 is 9.90 Å². The van der Waals surface area contributed by atoms with Gasteiger partial charge in [-0.2, -0.15) is 0 Å². The minimum atomic E-state index is -1.26. The van der Waals surface area contributed by atoms with Gasteiger partial charge in [0.15, 0.2) is 0 Å². The van der Waals surface area contributed by atoms with Crippen LogP contribution in [0.25, 0.3) is 10.9 Å². The summed E-state index contributed by atoms with van der Waals surface area (Å²) in [5.74, 6) is -1.26. The molecule has 1 aromatic heterocycles. The van der Waals surface area contributed by atoms with Crippen LogP contribution in [0.5, 0.6) is 0 Å². The zero-order valence-corrected chi connectivity index (χ0v) is 10.1. The topological polar surface area (TPSA) is 70.2 Å². The van der Waals surface area contributed by atoms with E-state index < -0.39 is 11.4 Å². The summed E-state index contributed by atoms with van der Waals surface area (Å²) < 4.78 is 0.615. The van der Waals surface area contributed by atoms with E-state index in [0.717, 1.165) is 0 Å². The van der Waals surface area contributed by atoms with Gasteiger partial charge in [-0.3, -0.25) is 4.79 Å². The van der Waals surface area contributed by atoms with Gasteiger partial charge in [0.1, 0.15) is 5.56 Å². The van der Waals surface area contributed by atoms with Gasteiger partial charge in [-0.15, -0.1) is 0 Å². The fourth-order valence-corrected chi connectivity index (χ4v) is 2.34. The number of carboxylic acids is 1. The highest BCUT2D eigenvalue weighted by Crippen LogP contribution is 2.24. The smallest absolute Gasteiger partial charge is 0.341 e. The molecule has 1 aromatic carbocycles. The highest BCUT2D eigenvalue weighted by atomic mass is 79.9. The Bertz CT molecular complexity index is 650. The number of H-pyrrole nitrogens is 1. The van der Waals surface area contributed by atoms with Crippen LogP contribution in [0, 0.1) is 0 Å². The van der Waals surface area contributed by atoms with Crippen LogP contribution < -0.4 is 5.43 Å². The molecule has 4 nitrogen and oxygen atoms in total. The number of aromatic amines is 1. The van der Waals surface area contributed by atoms with E-state index in [2.05, 4.69) is 20.9 Å². The van der Waals surface area contributed by atoms with Gasteiger partial charge in [0.2, 0.25) is 5.43 Å². The summed E-state index contributed by atoms with van der Waals surface area (Å²) in [6, 6.07) is 3.06. The Hall–Kier alpha value is -1.33. The molecule has 6 heteroatoms. The standard InChI is InChI=1S/C10H5BrClNO3/c11-7-2-4(12)1-5-8(7)13-3-6(9(5)14)10(15)16/h1-3H,(H,13,14)(H,15,16). The lowest BCUT2D eigenvalue weighted by Gasteiger charge is -2.02. The predicted octanol–water partition coefficient (Wildman–Crippen LogP) is 2.64. The second-order valence-electron chi connectivity index (χ2n) is 3.15. The molecule has 0 bridgehead atoms. The maximum Gasteiger partial charge on any atom is 0.341 e. The Balaban J connectivity index is 2.95. The van der Waals surface area contributed by atoms with E-state index in [-0.39, 0.29) is 10.9 Å². The normalized spacial score (nSPS) is 10.6. The molecule has 0 radical (unpaired) electrons. The third-order valence-electron chi connectivity index (χ3n) is 2.14. The number of nitrogens with one attached hydrogen (secondary N) is 1. The number of hydrogen-bond acceptors (Lipinski definition) is 2. The lowest BCUT2D eigenvalue weighted by Crippen LogP contribution is -2.15. The van der Waals surface area contributed by atoms with Crippen LogP contribution in [-0.2, 0) is 0 Å². The fraction of sp³-hybridized carbons (Fsp3) is 0. The van der Waals surface area contributed by atoms with Crippen molar-refractivity contribution in [2.75, 3.05) is 0 Å². The van der Waals surface area contributed by atoms with E-state index in [1.54, 1.807) is 6.07 Å². The predicted molar refractivity (Wildman–Crippen MR) is 64.2 cm³/mol. The number of hydrogen-bond donors (Lipinski definition) is 2. The zero-order valence-electron chi connectivity index (χ0n) is 7.75. The highest BCUT2D eigenvalue weighted by molar-refractivity contribution is 9.10. The molecule has 0 saturated carbocycles. The number of pyridine rings is 1. The number of rotatable bonds is 1. The van der Waals surface area contributed by atoms with Crippen molar-refractivity contribution in [3.8, 4) is 0 Å². The van der Waals surface area contributed by atoms with Gasteiger partial charge in [-0.25, -0.2) is 4.79 Å². The molecule has 0 amide bonds. The maximum absolute atomic E-state index is 11.8. The van der Waals surface area contributed by atoms with Gasteiger partial charge < -0.3 is 10.1 Å². The van der Waals surface area contributed by atoms with Crippen molar-refractivity contribution >= 4 is 44.4 Å². The van der Waals surface area contributed by atoms with Crippen LogP contribution in [0.4, 0.5) is 0 Å². The number of benzene rings is 1. The summed E-state index contributed by atoms with van der Waals surface area (Å²) in [5, 5.41) is 9.42. The Morgan fingerprint density at radius 2 is 2.12 bits per heavy atom. The molecule has 0 spiro atoms. The van der Waals surface area contributed by atoms with E-state index in [9.17, 15) is 9.59 Å². The molecular weight excluding hydrogens is 297 g/mol. The number of carboxylic acid groups (broad SMARTS) is 1. The van der Waals surface area contributed by atoms with E-state index >= 15 is 0 Å². The number of halogens is 2. The first-order chi connectivity index (χ1) is 7.50. The summed E-state index contributed by atoms with van der Waals surface area (Å²) in [7, 11) is 0. The molecule has 0 aliphatic heterocycles. The van der Waals surface area contributed by atoms with E-state index in [4.69, 9.17) is 16.7 Å². The van der Waals surface area contributed by atoms with Crippen molar-refractivity contribution in [2.45, 2.75) is 0 Å². The Labute approximate surface area is 103 Å². The maximum atomic E-state index is 11.8. The van der Waals surface area contributed by atoms with Crippen molar-refractivity contribution in [1.29, 1.82) is 0 Å². The zero-order chi connectivity index (χ0) is 11.9. The minimum Gasteiger partial charge on any atom is -0.477 e. The highest BCUT2D eigenvalue weighted by Gasteiger charge is 2.13. The summed E-state index contributed by atoms with van der Waals surface area (Å²) in [5.41, 5.74) is -0.328. The SMILES string of the molecule is O=C(O)c1c[nH]c2c(Br)cc(Cl)cc2c1=O. The quantitative estimate of drug-likeness (QED) is 0.851. The Kier molecular flexibility index (Phi) is 2.73. The molecule has 2 rings (SSSR count). The molecule has 0 aliphatic carbocycles. The number of aromatic nitrogens is 1. The Morgan fingerprint density at radius 3 is 2.75 bits per heavy atom. The summed E-state index contributed by atoms with van der Waals surface area (Å²) in [6.07, 6.45) is 1.17. The first kappa shape index (κ1) is 11.2. The van der Waals surface area contributed by atoms with Gasteiger partial charge in [-0.05, 0) is 28.1 Å². The molecule has 2 aromatic rings. The van der Waals surface area contributed by atoms with Crippen LogP contribution >= 0.6 is 27.5 Å². The number of carbonyl (C=O) groups is 1. The second-order valence-corrected chi connectivity index (χ2v) is 4.44. The summed E-state index contributed by atoms with van der Waals surface area (Å²) >= 11 is 9.04. The van der Waals surface area contributed by atoms with E-state index in [0.29, 0.717) is 15.0 Å². The molecule has 0 fully saturated rings. The third kappa shape index (κ3) is 1.72. The molecular formula is C10H5BrClNO3. The lowest BCUT2D eigenvalue weighted by molar-refractivity contribution is 0.0695. The fourth-order valence-electron chi connectivity index (χ4n) is 1.41. The number of fused-ring (bicyclic) bond motifs is 1. The van der Waals surface area contributed by atoms with Crippen molar-refractivity contribution in [3.05, 3.63) is 43.6 Å². The molecule has 16 heavy (non-hydrogen) atoms. The first-order valence-corrected chi connectivity index (χ1v) is 5.41. The lowest BCUT2D eigenvalue weighted by atomic mass is 10.1. The molecule has 0 atom stereocenters.